The summed E-state index contributed by atoms with van der Waals surface area (Å²) in [6, 6.07) is 8.31. The molecule has 3 N–H and O–H groups in total. The molecular formula is C17H21N5O3. The first-order valence-corrected chi connectivity index (χ1v) is 7.83. The van der Waals surface area contributed by atoms with Gasteiger partial charge in [0.05, 0.1) is 0 Å². The highest BCUT2D eigenvalue weighted by molar-refractivity contribution is 5.99. The molecule has 25 heavy (non-hydrogen) atoms. The molecule has 1 aromatic carbocycles. The van der Waals surface area contributed by atoms with Crippen molar-refractivity contribution in [1.29, 1.82) is 0 Å². The zero-order valence-electron chi connectivity index (χ0n) is 14.4. The van der Waals surface area contributed by atoms with Crippen molar-refractivity contribution in [2.24, 2.45) is 0 Å². The molecule has 0 saturated carbocycles. The molecule has 0 aliphatic rings. The van der Waals surface area contributed by atoms with Crippen LogP contribution in [0.1, 0.15) is 20.8 Å². The van der Waals surface area contributed by atoms with Gasteiger partial charge in [0.1, 0.15) is 11.3 Å². The Labute approximate surface area is 146 Å². The summed E-state index contributed by atoms with van der Waals surface area (Å²) in [6.45, 7) is 5.54. The van der Waals surface area contributed by atoms with Gasteiger partial charge in [-0.25, -0.2) is 14.8 Å². The number of ether oxygens (including phenoxy) is 1. The molecule has 0 saturated heterocycles. The number of nitrogens with zero attached hydrogens (tertiary/aromatic N) is 2. The minimum atomic E-state index is -1.06. The summed E-state index contributed by atoms with van der Waals surface area (Å²) in [4.78, 5) is 31.9. The predicted molar refractivity (Wildman–Crippen MR) is 93.5 cm³/mol. The summed E-state index contributed by atoms with van der Waals surface area (Å²) < 4.78 is 5.48. The zero-order chi connectivity index (χ0) is 18.3. The third-order valence-electron chi connectivity index (χ3n) is 3.19. The van der Waals surface area contributed by atoms with Crippen LogP contribution in [0, 0.1) is 0 Å². The van der Waals surface area contributed by atoms with E-state index in [2.05, 4.69) is 25.9 Å². The molecule has 1 heterocycles. The maximum Gasteiger partial charge on any atom is 0.321 e. The number of hydrogen-bond donors (Lipinski definition) is 3. The second-order valence-electron chi connectivity index (χ2n) is 5.72. The Morgan fingerprint density at radius 3 is 2.36 bits per heavy atom. The van der Waals surface area contributed by atoms with E-state index in [1.165, 1.54) is 0 Å². The lowest BCUT2D eigenvalue weighted by molar-refractivity contribution is -0.120. The van der Waals surface area contributed by atoms with Gasteiger partial charge in [-0.2, -0.15) is 0 Å². The van der Waals surface area contributed by atoms with Gasteiger partial charge in [-0.3, -0.25) is 4.79 Å². The van der Waals surface area contributed by atoms with Gasteiger partial charge in [0.2, 0.25) is 5.91 Å². The molecule has 2 aromatic rings. The number of aromatic nitrogens is 2. The number of urea groups is 1. The summed E-state index contributed by atoms with van der Waals surface area (Å²) in [6.07, 6.45) is 3.17. The molecular weight excluding hydrogens is 322 g/mol. The Balaban J connectivity index is 1.95. The normalized spacial score (nSPS) is 10.7. The largest absolute Gasteiger partial charge is 0.424 e. The first-order valence-electron chi connectivity index (χ1n) is 7.83. The van der Waals surface area contributed by atoms with Gasteiger partial charge in [0.25, 0.3) is 0 Å². The molecule has 0 spiro atoms. The summed E-state index contributed by atoms with van der Waals surface area (Å²) >= 11 is 0. The van der Waals surface area contributed by atoms with Gasteiger partial charge in [-0.15, -0.1) is 0 Å². The minimum Gasteiger partial charge on any atom is -0.424 e. The summed E-state index contributed by atoms with van der Waals surface area (Å²) in [7, 11) is 0. The smallest absolute Gasteiger partial charge is 0.321 e. The lowest BCUT2D eigenvalue weighted by atomic mass is 10.0. The first-order chi connectivity index (χ1) is 11.9. The van der Waals surface area contributed by atoms with Crippen molar-refractivity contribution in [2.45, 2.75) is 26.3 Å². The van der Waals surface area contributed by atoms with Crippen LogP contribution in [0.5, 0.6) is 11.8 Å². The van der Waals surface area contributed by atoms with Crippen LogP contribution in [-0.4, -0.2) is 34.0 Å². The molecule has 0 bridgehead atoms. The average molecular weight is 343 g/mol. The molecule has 1 aromatic heterocycles. The van der Waals surface area contributed by atoms with E-state index in [-0.39, 0.29) is 11.9 Å². The van der Waals surface area contributed by atoms with Crippen molar-refractivity contribution in [3.8, 4) is 11.8 Å². The molecule has 0 atom stereocenters. The third-order valence-corrected chi connectivity index (χ3v) is 3.19. The highest BCUT2D eigenvalue weighted by Gasteiger charge is 2.29. The third kappa shape index (κ3) is 5.45. The lowest BCUT2D eigenvalue weighted by Crippen LogP contribution is -2.55. The fraction of sp³-hybridized carbons (Fsp3) is 0.294. The fourth-order valence-electron chi connectivity index (χ4n) is 1.88. The topological polar surface area (TPSA) is 105 Å². The highest BCUT2D eigenvalue weighted by Crippen LogP contribution is 2.20. The van der Waals surface area contributed by atoms with Gasteiger partial charge in [-0.1, -0.05) is 0 Å². The van der Waals surface area contributed by atoms with Crippen LogP contribution in [0.4, 0.5) is 10.5 Å². The SMILES string of the molecule is CCNC(=O)NC(C)(C)C(=O)Nc1ccc(Oc2ncccn2)cc1. The van der Waals surface area contributed by atoms with Gasteiger partial charge in [0.15, 0.2) is 0 Å². The molecule has 0 fully saturated rings. The number of amides is 3. The Hall–Kier alpha value is -3.16. The standard InChI is InChI=1S/C17H21N5O3/c1-4-18-15(24)22-17(2,3)14(23)21-12-6-8-13(9-7-12)25-16-19-10-5-11-20-16/h5-11H,4H2,1-3H3,(H,21,23)(H2,18,22,24). The van der Waals surface area contributed by atoms with Crippen molar-refractivity contribution < 1.29 is 14.3 Å². The molecule has 3 amide bonds. The molecule has 8 heteroatoms. The van der Waals surface area contributed by atoms with Gasteiger partial charge >= 0.3 is 12.0 Å². The van der Waals surface area contributed by atoms with Crippen LogP contribution in [0.15, 0.2) is 42.7 Å². The van der Waals surface area contributed by atoms with Crippen molar-refractivity contribution in [1.82, 2.24) is 20.6 Å². The minimum absolute atomic E-state index is 0.242. The summed E-state index contributed by atoms with van der Waals surface area (Å²) in [5, 5.41) is 7.96. The van der Waals surface area contributed by atoms with Crippen molar-refractivity contribution in [2.75, 3.05) is 11.9 Å². The number of nitrogens with one attached hydrogen (secondary N) is 3. The van der Waals surface area contributed by atoms with Crippen LogP contribution < -0.4 is 20.7 Å². The van der Waals surface area contributed by atoms with E-state index in [0.29, 0.717) is 18.0 Å². The van der Waals surface area contributed by atoms with E-state index in [1.54, 1.807) is 63.5 Å². The quantitative estimate of drug-likeness (QED) is 0.746. The summed E-state index contributed by atoms with van der Waals surface area (Å²) in [5.41, 5.74) is -0.483. The van der Waals surface area contributed by atoms with Gasteiger partial charge in [0, 0.05) is 24.6 Å². The fourth-order valence-corrected chi connectivity index (χ4v) is 1.88. The van der Waals surface area contributed by atoms with Crippen molar-refractivity contribution >= 4 is 17.6 Å². The van der Waals surface area contributed by atoms with E-state index >= 15 is 0 Å². The molecule has 0 aliphatic heterocycles. The molecule has 8 nitrogen and oxygen atoms in total. The highest BCUT2D eigenvalue weighted by atomic mass is 16.5. The van der Waals surface area contributed by atoms with Crippen molar-refractivity contribution in [3.05, 3.63) is 42.7 Å². The van der Waals surface area contributed by atoms with E-state index in [1.807, 2.05) is 0 Å². The van der Waals surface area contributed by atoms with E-state index in [0.717, 1.165) is 0 Å². The number of hydrogen-bond acceptors (Lipinski definition) is 5. The van der Waals surface area contributed by atoms with Gasteiger partial charge < -0.3 is 20.7 Å². The number of anilines is 1. The maximum atomic E-state index is 12.3. The van der Waals surface area contributed by atoms with Gasteiger partial charge in [-0.05, 0) is 51.1 Å². The van der Waals surface area contributed by atoms with Crippen molar-refractivity contribution in [3.63, 3.8) is 0 Å². The number of benzene rings is 1. The van der Waals surface area contributed by atoms with Crippen LogP contribution in [0.2, 0.25) is 0 Å². The number of carbonyl (C=O) groups is 2. The zero-order valence-corrected chi connectivity index (χ0v) is 14.4. The van der Waals surface area contributed by atoms with Crippen LogP contribution >= 0.6 is 0 Å². The second-order valence-corrected chi connectivity index (χ2v) is 5.72. The monoisotopic (exact) mass is 343 g/mol. The Bertz CT molecular complexity index is 717. The predicted octanol–water partition coefficient (Wildman–Crippen LogP) is 2.31. The number of carbonyl (C=O) groups excluding carboxylic acids is 2. The average Bonchev–Trinajstić information content (AvgIpc) is 2.57. The first kappa shape index (κ1) is 18.2. The Kier molecular flexibility index (Phi) is 5.89. The maximum absolute atomic E-state index is 12.3. The molecule has 132 valence electrons. The molecule has 2 rings (SSSR count). The van der Waals surface area contributed by atoms with E-state index in [4.69, 9.17) is 4.74 Å². The summed E-state index contributed by atoms with van der Waals surface area (Å²) in [5.74, 6) is 0.211. The molecule has 0 radical (unpaired) electrons. The van der Waals surface area contributed by atoms with Crippen LogP contribution in [-0.2, 0) is 4.79 Å². The Morgan fingerprint density at radius 2 is 1.76 bits per heavy atom. The van der Waals surface area contributed by atoms with E-state index in [9.17, 15) is 9.59 Å². The van der Waals surface area contributed by atoms with Crippen LogP contribution in [0.3, 0.4) is 0 Å². The van der Waals surface area contributed by atoms with Crippen LogP contribution in [0.25, 0.3) is 0 Å². The van der Waals surface area contributed by atoms with E-state index < -0.39 is 11.6 Å². The molecule has 0 unspecified atom stereocenters. The number of rotatable bonds is 6. The lowest BCUT2D eigenvalue weighted by Gasteiger charge is -2.25. The Morgan fingerprint density at radius 1 is 1.12 bits per heavy atom. The second kappa shape index (κ2) is 8.09. The molecule has 0 aliphatic carbocycles.